The van der Waals surface area contributed by atoms with Crippen molar-refractivity contribution >= 4 is 17.7 Å². The largest absolute Gasteiger partial charge is 0.481 e. The zero-order valence-corrected chi connectivity index (χ0v) is 11.3. The highest BCUT2D eigenvalue weighted by Gasteiger charge is 2.34. The zero-order valence-electron chi connectivity index (χ0n) is 10.5. The van der Waals surface area contributed by atoms with E-state index in [1.165, 1.54) is 0 Å². The molecule has 1 atom stereocenters. The van der Waals surface area contributed by atoms with E-state index in [1.54, 1.807) is 4.57 Å². The fourth-order valence-electron chi connectivity index (χ4n) is 2.46. The predicted octanol–water partition coefficient (Wildman–Crippen LogP) is 1.50. The highest BCUT2D eigenvalue weighted by Crippen LogP contribution is 2.43. The minimum Gasteiger partial charge on any atom is -0.481 e. The Morgan fingerprint density at radius 1 is 1.67 bits per heavy atom. The molecule has 0 aliphatic heterocycles. The van der Waals surface area contributed by atoms with Crippen LogP contribution in [0.2, 0.25) is 0 Å². The second-order valence-corrected chi connectivity index (χ2v) is 6.37. The van der Waals surface area contributed by atoms with Crippen LogP contribution in [0.4, 0.5) is 0 Å². The van der Waals surface area contributed by atoms with E-state index < -0.39 is 5.97 Å². The minimum atomic E-state index is -0.909. The van der Waals surface area contributed by atoms with Gasteiger partial charge in [0.15, 0.2) is 5.16 Å². The quantitative estimate of drug-likeness (QED) is 0.810. The second kappa shape index (κ2) is 4.79. The molecule has 18 heavy (non-hydrogen) atoms. The Kier molecular flexibility index (Phi) is 3.52. The van der Waals surface area contributed by atoms with Gasteiger partial charge in [-0.3, -0.25) is 9.36 Å². The zero-order chi connectivity index (χ0) is 13.3. The molecule has 0 amide bonds. The van der Waals surface area contributed by atoms with Crippen molar-refractivity contribution in [1.82, 2.24) is 14.8 Å². The van der Waals surface area contributed by atoms with Gasteiger partial charge in [0, 0.05) is 6.04 Å². The molecule has 7 heteroatoms. The number of carbonyl (C=O) groups is 1. The summed E-state index contributed by atoms with van der Waals surface area (Å²) in [5.74, 6) is -0.991. The van der Waals surface area contributed by atoms with Gasteiger partial charge in [-0.15, -0.1) is 5.10 Å². The third kappa shape index (κ3) is 2.77. The van der Waals surface area contributed by atoms with Gasteiger partial charge in [-0.05, 0) is 24.7 Å². The molecular formula is C11H17N3O3S. The first-order chi connectivity index (χ1) is 8.39. The lowest BCUT2D eigenvalue weighted by Gasteiger charge is -2.17. The van der Waals surface area contributed by atoms with Crippen LogP contribution in [-0.2, 0) is 4.79 Å². The van der Waals surface area contributed by atoms with Crippen LogP contribution in [-0.4, -0.2) is 31.6 Å². The van der Waals surface area contributed by atoms with Gasteiger partial charge in [-0.2, -0.15) is 0 Å². The van der Waals surface area contributed by atoms with Crippen LogP contribution in [0, 0.1) is 5.41 Å². The van der Waals surface area contributed by atoms with Gasteiger partial charge in [-0.25, -0.2) is 9.89 Å². The molecule has 2 rings (SSSR count). The molecule has 1 unspecified atom stereocenters. The molecule has 2 N–H and O–H groups in total. The Labute approximate surface area is 109 Å². The minimum absolute atomic E-state index is 0.0829. The summed E-state index contributed by atoms with van der Waals surface area (Å²) in [6.07, 6.45) is 2.93. The first-order valence-corrected chi connectivity index (χ1v) is 6.89. The van der Waals surface area contributed by atoms with Crippen molar-refractivity contribution in [2.45, 2.75) is 44.3 Å². The fraction of sp³-hybridized carbons (Fsp3) is 0.727. The number of hydrogen-bond acceptors (Lipinski definition) is 4. The van der Waals surface area contributed by atoms with Gasteiger partial charge in [-0.1, -0.05) is 25.6 Å². The van der Waals surface area contributed by atoms with E-state index in [2.05, 4.69) is 24.0 Å². The molecule has 1 aliphatic carbocycles. The topological polar surface area (TPSA) is 88.0 Å². The van der Waals surface area contributed by atoms with Crippen LogP contribution in [0.3, 0.4) is 0 Å². The summed E-state index contributed by atoms with van der Waals surface area (Å²) in [6.45, 7) is 4.37. The molecule has 0 radical (unpaired) electrons. The Morgan fingerprint density at radius 2 is 2.39 bits per heavy atom. The average molecular weight is 271 g/mol. The Bertz CT molecular complexity index is 506. The molecule has 100 valence electrons. The van der Waals surface area contributed by atoms with E-state index >= 15 is 0 Å². The van der Waals surface area contributed by atoms with Crippen LogP contribution in [0.15, 0.2) is 9.95 Å². The molecule has 1 aromatic rings. The van der Waals surface area contributed by atoms with E-state index in [9.17, 15) is 9.59 Å². The molecular weight excluding hydrogens is 254 g/mol. The molecule has 0 aromatic carbocycles. The number of aromatic amines is 1. The number of aromatic nitrogens is 3. The predicted molar refractivity (Wildman–Crippen MR) is 67.9 cm³/mol. The van der Waals surface area contributed by atoms with Crippen molar-refractivity contribution in [1.29, 1.82) is 0 Å². The number of H-pyrrole nitrogens is 1. The molecule has 1 saturated carbocycles. The summed E-state index contributed by atoms with van der Waals surface area (Å²) >= 11 is 1.08. The molecule has 6 nitrogen and oxygen atoms in total. The van der Waals surface area contributed by atoms with Gasteiger partial charge in [0.1, 0.15) is 0 Å². The highest BCUT2D eigenvalue weighted by atomic mass is 32.2. The van der Waals surface area contributed by atoms with Crippen LogP contribution >= 0.6 is 11.8 Å². The lowest BCUT2D eigenvalue weighted by atomic mass is 9.92. The van der Waals surface area contributed by atoms with Crippen LogP contribution in [0.5, 0.6) is 0 Å². The first kappa shape index (κ1) is 13.2. The molecule has 1 aliphatic rings. The van der Waals surface area contributed by atoms with E-state index in [0.29, 0.717) is 5.16 Å². The van der Waals surface area contributed by atoms with Crippen molar-refractivity contribution < 1.29 is 9.90 Å². The maximum absolute atomic E-state index is 11.8. The third-order valence-corrected chi connectivity index (χ3v) is 4.24. The van der Waals surface area contributed by atoms with Gasteiger partial charge in [0.25, 0.3) is 0 Å². The summed E-state index contributed by atoms with van der Waals surface area (Å²) in [4.78, 5) is 22.3. The summed E-state index contributed by atoms with van der Waals surface area (Å²) in [7, 11) is 0. The monoisotopic (exact) mass is 271 g/mol. The molecule has 1 aromatic heterocycles. The number of thioether (sulfide) groups is 1. The van der Waals surface area contributed by atoms with Crippen LogP contribution in [0.25, 0.3) is 0 Å². The number of carboxylic acid groups (broad SMARTS) is 1. The Balaban J connectivity index is 2.19. The summed E-state index contributed by atoms with van der Waals surface area (Å²) in [5.41, 5.74) is -0.0126. The van der Waals surface area contributed by atoms with E-state index in [4.69, 9.17) is 5.11 Å². The summed E-state index contributed by atoms with van der Waals surface area (Å²) < 4.78 is 1.61. The van der Waals surface area contributed by atoms with Gasteiger partial charge >= 0.3 is 11.7 Å². The number of aliphatic carboxylic acids is 1. The van der Waals surface area contributed by atoms with Crippen molar-refractivity contribution in [2.75, 3.05) is 5.75 Å². The number of nitrogens with zero attached hydrogens (tertiary/aromatic N) is 2. The van der Waals surface area contributed by atoms with Crippen LogP contribution < -0.4 is 5.69 Å². The van der Waals surface area contributed by atoms with Gasteiger partial charge in [0.05, 0.1) is 5.75 Å². The maximum atomic E-state index is 11.8. The lowest BCUT2D eigenvalue weighted by Crippen LogP contribution is -2.22. The number of rotatable bonds is 4. The Hall–Kier alpha value is -1.24. The van der Waals surface area contributed by atoms with Crippen LogP contribution in [0.1, 0.15) is 39.2 Å². The first-order valence-electron chi connectivity index (χ1n) is 5.90. The summed E-state index contributed by atoms with van der Waals surface area (Å²) in [6, 6.07) is 0.127. The van der Waals surface area contributed by atoms with Crippen molar-refractivity contribution in [3.8, 4) is 0 Å². The highest BCUT2D eigenvalue weighted by molar-refractivity contribution is 7.99. The van der Waals surface area contributed by atoms with Crippen molar-refractivity contribution in [3.63, 3.8) is 0 Å². The van der Waals surface area contributed by atoms with Gasteiger partial charge < -0.3 is 5.11 Å². The molecule has 1 fully saturated rings. The molecule has 0 saturated heterocycles. The van der Waals surface area contributed by atoms with Crippen molar-refractivity contribution in [2.24, 2.45) is 5.41 Å². The fourth-order valence-corrected chi connectivity index (χ4v) is 3.19. The van der Waals surface area contributed by atoms with E-state index in [1.807, 2.05) is 0 Å². The van der Waals surface area contributed by atoms with E-state index in [-0.39, 0.29) is 22.9 Å². The third-order valence-electron chi connectivity index (χ3n) is 3.30. The summed E-state index contributed by atoms with van der Waals surface area (Å²) in [5, 5.41) is 15.5. The SMILES string of the molecule is CC1(C)CCC(n2c(SCC(=O)O)n[nH]c2=O)C1. The maximum Gasteiger partial charge on any atom is 0.344 e. The smallest absolute Gasteiger partial charge is 0.344 e. The van der Waals surface area contributed by atoms with Crippen molar-refractivity contribution in [3.05, 3.63) is 10.5 Å². The number of hydrogen-bond donors (Lipinski definition) is 2. The number of carboxylic acids is 1. The Morgan fingerprint density at radius 3 is 2.94 bits per heavy atom. The lowest BCUT2D eigenvalue weighted by molar-refractivity contribution is -0.133. The molecule has 1 heterocycles. The number of nitrogens with one attached hydrogen (secondary N) is 1. The standard InChI is InChI=1S/C11H17N3O3S/c1-11(2)4-3-7(5-11)14-9(17)12-13-10(14)18-6-8(15)16/h7H,3-6H2,1-2H3,(H,12,17)(H,15,16). The van der Waals surface area contributed by atoms with E-state index in [0.717, 1.165) is 31.0 Å². The normalized spacial score (nSPS) is 22.2. The van der Waals surface area contributed by atoms with Gasteiger partial charge in [0.2, 0.25) is 0 Å². The average Bonchev–Trinajstić information content (AvgIpc) is 2.78. The molecule has 0 spiro atoms. The second-order valence-electron chi connectivity index (χ2n) is 5.42. The molecule has 0 bridgehead atoms.